The average molecular weight is 261 g/mol. The molecule has 0 unspecified atom stereocenters. The molecule has 1 N–H and O–H groups in total. The fourth-order valence-electron chi connectivity index (χ4n) is 2.61. The summed E-state index contributed by atoms with van der Waals surface area (Å²) in [4.78, 5) is 0. The Kier molecular flexibility index (Phi) is 6.22. The molecule has 0 saturated heterocycles. The summed E-state index contributed by atoms with van der Waals surface area (Å²) in [6, 6.07) is 9.27. The Morgan fingerprint density at radius 2 is 1.84 bits per heavy atom. The number of rotatable bonds is 7. The predicted molar refractivity (Wildman–Crippen MR) is 80.6 cm³/mol. The van der Waals surface area contributed by atoms with Gasteiger partial charge < -0.3 is 10.1 Å². The average Bonchev–Trinajstić information content (AvgIpc) is 2.48. The molecule has 1 aliphatic carbocycles. The van der Waals surface area contributed by atoms with Gasteiger partial charge in [-0.25, -0.2) is 0 Å². The van der Waals surface area contributed by atoms with Gasteiger partial charge in [-0.3, -0.25) is 0 Å². The number of nitrogens with one attached hydrogen (secondary N) is 1. The van der Waals surface area contributed by atoms with Gasteiger partial charge in [-0.15, -0.1) is 0 Å². The topological polar surface area (TPSA) is 21.3 Å². The second kappa shape index (κ2) is 8.21. The highest BCUT2D eigenvalue weighted by molar-refractivity contribution is 5.27. The van der Waals surface area contributed by atoms with Crippen LogP contribution >= 0.6 is 0 Å². The lowest BCUT2D eigenvalue weighted by atomic mass is 9.95. The van der Waals surface area contributed by atoms with E-state index in [2.05, 4.69) is 36.5 Å². The van der Waals surface area contributed by atoms with E-state index in [9.17, 15) is 0 Å². The van der Waals surface area contributed by atoms with Gasteiger partial charge in [0.05, 0.1) is 6.61 Å². The molecular weight excluding hydrogens is 234 g/mol. The maximum absolute atomic E-state index is 5.68. The van der Waals surface area contributed by atoms with Gasteiger partial charge in [-0.05, 0) is 37.0 Å². The summed E-state index contributed by atoms with van der Waals surface area (Å²) in [6.45, 7) is 4.00. The van der Waals surface area contributed by atoms with Crippen LogP contribution in [0.15, 0.2) is 24.3 Å². The molecule has 106 valence electrons. The van der Waals surface area contributed by atoms with Gasteiger partial charge in [-0.2, -0.15) is 0 Å². The highest BCUT2D eigenvalue weighted by Gasteiger charge is 2.12. The monoisotopic (exact) mass is 261 g/mol. The van der Waals surface area contributed by atoms with E-state index in [1.54, 1.807) is 0 Å². The molecule has 0 aromatic heterocycles. The molecule has 1 aromatic carbocycles. The molecule has 1 fully saturated rings. The van der Waals surface area contributed by atoms with Crippen LogP contribution in [0, 0.1) is 0 Å². The van der Waals surface area contributed by atoms with Crippen LogP contribution in [-0.4, -0.2) is 12.6 Å². The zero-order valence-electron chi connectivity index (χ0n) is 12.2. The van der Waals surface area contributed by atoms with Crippen molar-refractivity contribution in [3.05, 3.63) is 29.8 Å². The lowest BCUT2D eigenvalue weighted by molar-refractivity contribution is 0.309. The van der Waals surface area contributed by atoms with E-state index in [0.29, 0.717) is 0 Å². The van der Waals surface area contributed by atoms with Crippen LogP contribution in [0.3, 0.4) is 0 Å². The van der Waals surface area contributed by atoms with Crippen LogP contribution in [0.25, 0.3) is 0 Å². The summed E-state index contributed by atoms with van der Waals surface area (Å²) >= 11 is 0. The van der Waals surface area contributed by atoms with Gasteiger partial charge in [0, 0.05) is 12.6 Å². The zero-order chi connectivity index (χ0) is 13.3. The molecule has 1 saturated carbocycles. The Hall–Kier alpha value is -1.02. The van der Waals surface area contributed by atoms with E-state index in [1.165, 1.54) is 44.1 Å². The lowest BCUT2D eigenvalue weighted by Crippen LogP contribution is -2.30. The van der Waals surface area contributed by atoms with Gasteiger partial charge in [0.1, 0.15) is 5.75 Å². The molecule has 0 amide bonds. The molecule has 19 heavy (non-hydrogen) atoms. The Balaban J connectivity index is 1.71. The minimum atomic E-state index is 0.731. The maximum atomic E-state index is 5.68. The van der Waals surface area contributed by atoms with Gasteiger partial charge in [-0.1, -0.05) is 44.7 Å². The number of ether oxygens (including phenoxy) is 1. The Labute approximate surface area is 117 Å². The van der Waals surface area contributed by atoms with Crippen molar-refractivity contribution in [3.63, 3.8) is 0 Å². The first kappa shape index (κ1) is 14.4. The van der Waals surface area contributed by atoms with E-state index in [1.807, 2.05) is 0 Å². The zero-order valence-corrected chi connectivity index (χ0v) is 12.2. The lowest BCUT2D eigenvalue weighted by Gasteiger charge is -2.22. The number of hydrogen-bond donors (Lipinski definition) is 1. The Morgan fingerprint density at radius 1 is 1.11 bits per heavy atom. The molecular formula is C17H27NO. The molecule has 0 atom stereocenters. The van der Waals surface area contributed by atoms with Crippen LogP contribution in [0.5, 0.6) is 5.75 Å². The summed E-state index contributed by atoms with van der Waals surface area (Å²) in [7, 11) is 0. The van der Waals surface area contributed by atoms with Crippen molar-refractivity contribution in [1.29, 1.82) is 0 Å². The molecule has 0 heterocycles. The summed E-state index contributed by atoms with van der Waals surface area (Å²) in [5.41, 5.74) is 1.36. The second-order valence-electron chi connectivity index (χ2n) is 5.56. The third-order valence-corrected chi connectivity index (χ3v) is 3.89. The Bertz CT molecular complexity index is 341. The van der Waals surface area contributed by atoms with Crippen molar-refractivity contribution in [1.82, 2.24) is 5.32 Å². The molecule has 0 spiro atoms. The highest BCUT2D eigenvalue weighted by Crippen LogP contribution is 2.18. The van der Waals surface area contributed by atoms with Crippen LogP contribution < -0.4 is 10.1 Å². The number of hydrogen-bond acceptors (Lipinski definition) is 2. The third-order valence-electron chi connectivity index (χ3n) is 3.89. The van der Waals surface area contributed by atoms with Crippen LogP contribution in [0.1, 0.15) is 57.4 Å². The van der Waals surface area contributed by atoms with Crippen LogP contribution in [0.2, 0.25) is 0 Å². The van der Waals surface area contributed by atoms with Gasteiger partial charge in [0.25, 0.3) is 0 Å². The van der Waals surface area contributed by atoms with Crippen molar-refractivity contribution in [2.24, 2.45) is 0 Å². The molecule has 0 radical (unpaired) electrons. The van der Waals surface area contributed by atoms with E-state index in [4.69, 9.17) is 4.74 Å². The first-order chi connectivity index (χ1) is 9.38. The van der Waals surface area contributed by atoms with Crippen molar-refractivity contribution in [3.8, 4) is 5.75 Å². The quantitative estimate of drug-likeness (QED) is 0.739. The number of benzene rings is 1. The highest BCUT2D eigenvalue weighted by atomic mass is 16.5. The molecule has 2 heteroatoms. The van der Waals surface area contributed by atoms with E-state index < -0.39 is 0 Å². The fourth-order valence-corrected chi connectivity index (χ4v) is 2.61. The summed E-state index contributed by atoms with van der Waals surface area (Å²) < 4.78 is 5.68. The molecule has 2 rings (SSSR count). The molecule has 1 aromatic rings. The maximum Gasteiger partial charge on any atom is 0.119 e. The smallest absolute Gasteiger partial charge is 0.119 e. The van der Waals surface area contributed by atoms with Gasteiger partial charge >= 0.3 is 0 Å². The van der Waals surface area contributed by atoms with Gasteiger partial charge in [0.15, 0.2) is 0 Å². The minimum absolute atomic E-state index is 0.731. The first-order valence-corrected chi connectivity index (χ1v) is 7.83. The molecule has 2 nitrogen and oxygen atoms in total. The Morgan fingerprint density at radius 3 is 2.53 bits per heavy atom. The van der Waals surface area contributed by atoms with E-state index in [-0.39, 0.29) is 0 Å². The minimum Gasteiger partial charge on any atom is -0.494 e. The van der Waals surface area contributed by atoms with Crippen molar-refractivity contribution in [2.75, 3.05) is 6.61 Å². The SMILES string of the molecule is CCCCOc1ccc(CNC2CCCCC2)cc1. The summed E-state index contributed by atoms with van der Waals surface area (Å²) in [6.07, 6.45) is 9.20. The molecule has 0 bridgehead atoms. The predicted octanol–water partition coefficient (Wildman–Crippen LogP) is 4.29. The summed E-state index contributed by atoms with van der Waals surface area (Å²) in [5.74, 6) is 0.995. The van der Waals surface area contributed by atoms with Crippen molar-refractivity contribution < 1.29 is 4.74 Å². The standard InChI is InChI=1S/C17H27NO/c1-2-3-13-19-17-11-9-15(10-12-17)14-18-16-7-5-4-6-8-16/h9-12,16,18H,2-8,13-14H2,1H3. The van der Waals surface area contributed by atoms with Crippen molar-refractivity contribution in [2.45, 2.75) is 64.5 Å². The van der Waals surface area contributed by atoms with Crippen molar-refractivity contribution >= 4 is 0 Å². The first-order valence-electron chi connectivity index (χ1n) is 7.83. The normalized spacial score (nSPS) is 16.5. The number of unbranched alkanes of at least 4 members (excludes halogenated alkanes) is 1. The van der Waals surface area contributed by atoms with Gasteiger partial charge in [0.2, 0.25) is 0 Å². The molecule has 0 aliphatic heterocycles. The largest absolute Gasteiger partial charge is 0.494 e. The fraction of sp³-hybridized carbons (Fsp3) is 0.647. The second-order valence-corrected chi connectivity index (χ2v) is 5.56. The molecule has 1 aliphatic rings. The van der Waals surface area contributed by atoms with E-state index >= 15 is 0 Å². The summed E-state index contributed by atoms with van der Waals surface area (Å²) in [5, 5.41) is 3.67. The third kappa shape index (κ3) is 5.23. The van der Waals surface area contributed by atoms with Crippen LogP contribution in [-0.2, 0) is 6.54 Å². The van der Waals surface area contributed by atoms with Crippen LogP contribution in [0.4, 0.5) is 0 Å². The van der Waals surface area contributed by atoms with E-state index in [0.717, 1.165) is 31.4 Å².